The van der Waals surface area contributed by atoms with Gasteiger partial charge in [0.1, 0.15) is 0 Å². The van der Waals surface area contributed by atoms with Crippen LogP contribution < -0.4 is 9.64 Å². The van der Waals surface area contributed by atoms with Gasteiger partial charge in [-0.15, -0.1) is 0 Å². The van der Waals surface area contributed by atoms with E-state index in [9.17, 15) is 4.79 Å². The van der Waals surface area contributed by atoms with Gasteiger partial charge in [-0.3, -0.25) is 4.79 Å². The lowest BCUT2D eigenvalue weighted by atomic mass is 10.1. The summed E-state index contributed by atoms with van der Waals surface area (Å²) >= 11 is 0. The highest BCUT2D eigenvalue weighted by molar-refractivity contribution is 5.79. The molecular formula is C15H22N4O2. The van der Waals surface area contributed by atoms with Crippen molar-refractivity contribution in [2.24, 2.45) is 5.92 Å². The summed E-state index contributed by atoms with van der Waals surface area (Å²) in [6.45, 7) is 3.09. The molecule has 114 valence electrons. The van der Waals surface area contributed by atoms with Crippen molar-refractivity contribution in [1.82, 2.24) is 14.9 Å². The second-order valence-electron chi connectivity index (χ2n) is 5.69. The van der Waals surface area contributed by atoms with E-state index in [0.717, 1.165) is 39.0 Å². The zero-order valence-corrected chi connectivity index (χ0v) is 12.5. The summed E-state index contributed by atoms with van der Waals surface area (Å²) in [6, 6.07) is 1.74. The first-order valence-electron chi connectivity index (χ1n) is 7.68. The Kier molecular flexibility index (Phi) is 4.22. The standard InChI is InChI=1S/C15H22N4O2/c1-21-13-6-7-16-15(17-13)19-10-8-18(9-11-19)14(20)12-4-2-3-5-12/h6-7,12H,2-5,8-11H2,1H3. The number of anilines is 1. The molecule has 1 aromatic heterocycles. The van der Waals surface area contributed by atoms with Crippen LogP contribution in [0.4, 0.5) is 5.95 Å². The fourth-order valence-corrected chi connectivity index (χ4v) is 3.16. The van der Waals surface area contributed by atoms with Gasteiger partial charge in [0.25, 0.3) is 0 Å². The maximum absolute atomic E-state index is 12.4. The molecule has 3 rings (SSSR count). The van der Waals surface area contributed by atoms with E-state index in [2.05, 4.69) is 14.9 Å². The lowest BCUT2D eigenvalue weighted by molar-refractivity contribution is -0.135. The topological polar surface area (TPSA) is 58.6 Å². The molecule has 0 atom stereocenters. The number of methoxy groups -OCH3 is 1. The summed E-state index contributed by atoms with van der Waals surface area (Å²) in [6.07, 6.45) is 6.25. The van der Waals surface area contributed by atoms with Crippen LogP contribution in [0.5, 0.6) is 5.88 Å². The zero-order valence-electron chi connectivity index (χ0n) is 12.5. The largest absolute Gasteiger partial charge is 0.481 e. The van der Waals surface area contributed by atoms with E-state index in [-0.39, 0.29) is 5.92 Å². The van der Waals surface area contributed by atoms with Crippen LogP contribution in [0, 0.1) is 5.92 Å². The average molecular weight is 290 g/mol. The van der Waals surface area contributed by atoms with Crippen LogP contribution in [-0.4, -0.2) is 54.1 Å². The van der Waals surface area contributed by atoms with E-state index in [4.69, 9.17) is 4.74 Å². The minimum absolute atomic E-state index is 0.268. The first-order chi connectivity index (χ1) is 10.3. The Morgan fingerprint density at radius 1 is 1.24 bits per heavy atom. The number of amides is 1. The van der Waals surface area contributed by atoms with Gasteiger partial charge in [-0.25, -0.2) is 4.98 Å². The number of hydrogen-bond donors (Lipinski definition) is 0. The van der Waals surface area contributed by atoms with Crippen molar-refractivity contribution in [2.45, 2.75) is 25.7 Å². The molecule has 0 aromatic carbocycles. The van der Waals surface area contributed by atoms with Gasteiger partial charge in [-0.2, -0.15) is 4.98 Å². The number of ether oxygens (including phenoxy) is 1. The number of piperazine rings is 1. The number of nitrogens with zero attached hydrogens (tertiary/aromatic N) is 4. The summed E-state index contributed by atoms with van der Waals surface area (Å²) < 4.78 is 5.13. The second kappa shape index (κ2) is 6.28. The van der Waals surface area contributed by atoms with Crippen LogP contribution in [0.3, 0.4) is 0 Å². The fourth-order valence-electron chi connectivity index (χ4n) is 3.16. The van der Waals surface area contributed by atoms with E-state index < -0.39 is 0 Å². The van der Waals surface area contributed by atoms with Gasteiger partial charge in [0, 0.05) is 44.4 Å². The quantitative estimate of drug-likeness (QED) is 0.840. The molecule has 21 heavy (non-hydrogen) atoms. The molecule has 6 heteroatoms. The Labute approximate surface area is 125 Å². The number of rotatable bonds is 3. The highest BCUT2D eigenvalue weighted by Gasteiger charge is 2.29. The van der Waals surface area contributed by atoms with Crippen molar-refractivity contribution in [1.29, 1.82) is 0 Å². The SMILES string of the molecule is COc1ccnc(N2CCN(C(=O)C3CCCC3)CC2)n1. The van der Waals surface area contributed by atoms with E-state index in [1.165, 1.54) is 12.8 Å². The van der Waals surface area contributed by atoms with Crippen molar-refractivity contribution in [3.8, 4) is 5.88 Å². The maximum Gasteiger partial charge on any atom is 0.228 e. The van der Waals surface area contributed by atoms with Crippen molar-refractivity contribution in [2.75, 3.05) is 38.2 Å². The Balaban J connectivity index is 1.58. The number of aromatic nitrogens is 2. The van der Waals surface area contributed by atoms with Gasteiger partial charge in [-0.05, 0) is 12.8 Å². The molecule has 2 heterocycles. The third kappa shape index (κ3) is 3.09. The molecule has 1 amide bonds. The fraction of sp³-hybridized carbons (Fsp3) is 0.667. The third-order valence-electron chi connectivity index (χ3n) is 4.41. The number of carbonyl (C=O) groups excluding carboxylic acids is 1. The predicted octanol–water partition coefficient (Wildman–Crippen LogP) is 1.32. The number of carbonyl (C=O) groups is 1. The summed E-state index contributed by atoms with van der Waals surface area (Å²) in [7, 11) is 1.60. The molecule has 6 nitrogen and oxygen atoms in total. The Morgan fingerprint density at radius 2 is 1.95 bits per heavy atom. The van der Waals surface area contributed by atoms with E-state index in [1.807, 2.05) is 4.90 Å². The highest BCUT2D eigenvalue weighted by atomic mass is 16.5. The van der Waals surface area contributed by atoms with Crippen molar-refractivity contribution < 1.29 is 9.53 Å². The van der Waals surface area contributed by atoms with Crippen LogP contribution in [0.25, 0.3) is 0 Å². The van der Waals surface area contributed by atoms with Crippen LogP contribution in [0.15, 0.2) is 12.3 Å². The Morgan fingerprint density at radius 3 is 2.62 bits per heavy atom. The zero-order chi connectivity index (χ0) is 14.7. The van der Waals surface area contributed by atoms with E-state index in [1.54, 1.807) is 19.4 Å². The van der Waals surface area contributed by atoms with E-state index >= 15 is 0 Å². The van der Waals surface area contributed by atoms with E-state index in [0.29, 0.717) is 17.7 Å². The van der Waals surface area contributed by atoms with Crippen molar-refractivity contribution >= 4 is 11.9 Å². The minimum atomic E-state index is 0.268. The molecule has 1 saturated carbocycles. The molecule has 1 aliphatic heterocycles. The highest BCUT2D eigenvalue weighted by Crippen LogP contribution is 2.27. The first-order valence-corrected chi connectivity index (χ1v) is 7.68. The maximum atomic E-state index is 12.4. The lowest BCUT2D eigenvalue weighted by Gasteiger charge is -2.36. The van der Waals surface area contributed by atoms with Gasteiger partial charge in [0.05, 0.1) is 7.11 Å². The molecule has 0 bridgehead atoms. The molecule has 1 aromatic rings. The Hall–Kier alpha value is -1.85. The van der Waals surface area contributed by atoms with Gasteiger partial charge in [0.15, 0.2) is 0 Å². The Bertz CT molecular complexity index is 494. The monoisotopic (exact) mass is 290 g/mol. The van der Waals surface area contributed by atoms with Gasteiger partial charge in [-0.1, -0.05) is 12.8 Å². The molecule has 1 aliphatic carbocycles. The van der Waals surface area contributed by atoms with Gasteiger partial charge in [0.2, 0.25) is 17.7 Å². The van der Waals surface area contributed by atoms with Crippen LogP contribution in [0.2, 0.25) is 0 Å². The van der Waals surface area contributed by atoms with Crippen molar-refractivity contribution in [3.63, 3.8) is 0 Å². The smallest absolute Gasteiger partial charge is 0.228 e. The normalized spacial score (nSPS) is 19.9. The molecule has 2 aliphatic rings. The van der Waals surface area contributed by atoms with Crippen LogP contribution in [-0.2, 0) is 4.79 Å². The summed E-state index contributed by atoms with van der Waals surface area (Å²) in [5, 5.41) is 0. The van der Waals surface area contributed by atoms with Crippen LogP contribution in [0.1, 0.15) is 25.7 Å². The number of hydrogen-bond acceptors (Lipinski definition) is 5. The minimum Gasteiger partial charge on any atom is -0.481 e. The lowest BCUT2D eigenvalue weighted by Crippen LogP contribution is -2.50. The predicted molar refractivity (Wildman–Crippen MR) is 79.3 cm³/mol. The molecular weight excluding hydrogens is 268 g/mol. The molecule has 0 spiro atoms. The van der Waals surface area contributed by atoms with Crippen molar-refractivity contribution in [3.05, 3.63) is 12.3 Å². The summed E-state index contributed by atoms with van der Waals surface area (Å²) in [5.74, 6) is 1.87. The van der Waals surface area contributed by atoms with Gasteiger partial charge >= 0.3 is 0 Å². The van der Waals surface area contributed by atoms with Gasteiger partial charge < -0.3 is 14.5 Å². The van der Waals surface area contributed by atoms with Crippen LogP contribution >= 0.6 is 0 Å². The molecule has 1 saturated heterocycles. The average Bonchev–Trinajstić information content (AvgIpc) is 3.09. The molecule has 2 fully saturated rings. The summed E-state index contributed by atoms with van der Waals surface area (Å²) in [4.78, 5) is 25.2. The second-order valence-corrected chi connectivity index (χ2v) is 5.69. The third-order valence-corrected chi connectivity index (χ3v) is 4.41. The first kappa shape index (κ1) is 14.1. The molecule has 0 unspecified atom stereocenters. The molecule has 0 N–H and O–H groups in total. The summed E-state index contributed by atoms with van der Waals surface area (Å²) in [5.41, 5.74) is 0. The molecule has 0 radical (unpaired) electrons.